The van der Waals surface area contributed by atoms with Gasteiger partial charge in [-0.3, -0.25) is 24.0 Å². The van der Waals surface area contributed by atoms with Gasteiger partial charge in [-0.2, -0.15) is 5.26 Å². The fraction of sp³-hybridized carbons (Fsp3) is 0.625. The average Bonchev–Trinajstić information content (AvgIpc) is 2.97. The minimum Gasteiger partial charge on any atom is -0.481 e. The van der Waals surface area contributed by atoms with Crippen molar-refractivity contribution in [2.45, 2.75) is 117 Å². The van der Waals surface area contributed by atoms with Crippen molar-refractivity contribution in [1.82, 2.24) is 21.3 Å². The van der Waals surface area contributed by atoms with E-state index in [1.165, 1.54) is 0 Å². The summed E-state index contributed by atoms with van der Waals surface area (Å²) in [4.78, 5) is 62.5. The van der Waals surface area contributed by atoms with Gasteiger partial charge in [-0.25, -0.2) is 0 Å². The number of hydrogen-bond acceptors (Lipinski definition) is 7. The number of rotatable bonds is 20. The predicted octanol–water partition coefficient (Wildman–Crippen LogP) is 2.53. The predicted molar refractivity (Wildman–Crippen MR) is 165 cm³/mol. The minimum absolute atomic E-state index is 0.0417. The second kappa shape index (κ2) is 20.1. The Balaban J connectivity index is 2.91. The van der Waals surface area contributed by atoms with Crippen LogP contribution < -0.4 is 21.3 Å². The monoisotopic (exact) mass is 615 g/mol. The first-order valence-electron chi connectivity index (χ1n) is 15.4. The first-order chi connectivity index (χ1) is 20.8. The number of aliphatic hydroxyl groups excluding tert-OH is 1. The highest BCUT2D eigenvalue weighted by Crippen LogP contribution is 2.14. The molecule has 0 bridgehead atoms. The van der Waals surface area contributed by atoms with E-state index in [1.54, 1.807) is 31.2 Å². The highest BCUT2D eigenvalue weighted by Gasteiger charge is 2.32. The molecule has 0 aliphatic rings. The molecule has 0 fully saturated rings. The van der Waals surface area contributed by atoms with Crippen LogP contribution in [0.4, 0.5) is 0 Å². The van der Waals surface area contributed by atoms with Crippen LogP contribution in [0.1, 0.15) is 97.1 Å². The lowest BCUT2D eigenvalue weighted by Gasteiger charge is -2.29. The SMILES string of the molecule is CCC[C@H](NC(=O)[C@@H](NC(=O)CCCC(=O)O)[C@@H](C)CC)C(=O)N[C@@H](CC(C)C)[C@@H](O)CC(=O)NCc1cccc(C#N)c1. The normalized spacial score (nSPS) is 14.3. The number of hydrogen-bond donors (Lipinski definition) is 6. The van der Waals surface area contributed by atoms with Gasteiger partial charge in [0.15, 0.2) is 0 Å². The average molecular weight is 616 g/mol. The molecule has 44 heavy (non-hydrogen) atoms. The van der Waals surface area contributed by atoms with Gasteiger partial charge in [0.05, 0.1) is 30.2 Å². The molecular formula is C32H49N5O7. The van der Waals surface area contributed by atoms with Gasteiger partial charge in [-0.15, -0.1) is 0 Å². The molecule has 1 aromatic carbocycles. The molecule has 1 aromatic rings. The van der Waals surface area contributed by atoms with Crippen molar-refractivity contribution in [3.05, 3.63) is 35.4 Å². The van der Waals surface area contributed by atoms with Crippen LogP contribution in [0.15, 0.2) is 24.3 Å². The molecule has 0 unspecified atom stereocenters. The molecule has 1 rings (SSSR count). The summed E-state index contributed by atoms with van der Waals surface area (Å²) in [5.41, 5.74) is 1.21. The molecule has 4 amide bonds. The number of nitrogens with one attached hydrogen (secondary N) is 4. The summed E-state index contributed by atoms with van der Waals surface area (Å²) in [5, 5.41) is 39.8. The fourth-order valence-corrected chi connectivity index (χ4v) is 4.63. The molecule has 0 radical (unpaired) electrons. The number of carboxylic acids is 1. The van der Waals surface area contributed by atoms with E-state index in [0.717, 1.165) is 5.56 Å². The molecule has 0 aliphatic heterocycles. The first kappa shape index (κ1) is 38.0. The summed E-state index contributed by atoms with van der Waals surface area (Å²) in [6.45, 7) is 9.57. The smallest absolute Gasteiger partial charge is 0.303 e. The van der Waals surface area contributed by atoms with Gasteiger partial charge in [0.2, 0.25) is 23.6 Å². The van der Waals surface area contributed by atoms with E-state index in [9.17, 15) is 29.1 Å². The summed E-state index contributed by atoms with van der Waals surface area (Å²) < 4.78 is 0. The van der Waals surface area contributed by atoms with E-state index >= 15 is 0 Å². The van der Waals surface area contributed by atoms with E-state index in [2.05, 4.69) is 21.3 Å². The number of benzene rings is 1. The van der Waals surface area contributed by atoms with Crippen molar-refractivity contribution >= 4 is 29.6 Å². The van der Waals surface area contributed by atoms with Crippen LogP contribution in [0.5, 0.6) is 0 Å². The number of carboxylic acid groups (broad SMARTS) is 1. The third-order valence-electron chi connectivity index (χ3n) is 7.27. The van der Waals surface area contributed by atoms with Crippen molar-refractivity contribution in [2.24, 2.45) is 11.8 Å². The lowest BCUT2D eigenvalue weighted by Crippen LogP contribution is -2.57. The molecule has 12 nitrogen and oxygen atoms in total. The number of carbonyl (C=O) groups excluding carboxylic acids is 4. The first-order valence-corrected chi connectivity index (χ1v) is 15.4. The zero-order valence-corrected chi connectivity index (χ0v) is 26.5. The van der Waals surface area contributed by atoms with Crippen molar-refractivity contribution in [1.29, 1.82) is 5.26 Å². The van der Waals surface area contributed by atoms with Gasteiger partial charge < -0.3 is 31.5 Å². The van der Waals surface area contributed by atoms with Crippen LogP contribution in [-0.4, -0.2) is 64.0 Å². The van der Waals surface area contributed by atoms with Gasteiger partial charge in [-0.05, 0) is 48.8 Å². The number of aliphatic carboxylic acids is 1. The molecular weight excluding hydrogens is 566 g/mol. The summed E-state index contributed by atoms with van der Waals surface area (Å²) in [6.07, 6.45) is 0.333. The Labute approximate surface area is 260 Å². The Morgan fingerprint density at radius 3 is 2.25 bits per heavy atom. The van der Waals surface area contributed by atoms with E-state index in [1.807, 2.05) is 33.8 Å². The highest BCUT2D eigenvalue weighted by molar-refractivity contribution is 5.92. The lowest BCUT2D eigenvalue weighted by atomic mass is 9.95. The van der Waals surface area contributed by atoms with Crippen LogP contribution in [-0.2, 0) is 30.5 Å². The second-order valence-electron chi connectivity index (χ2n) is 11.6. The number of carbonyl (C=O) groups is 5. The minimum atomic E-state index is -1.19. The highest BCUT2D eigenvalue weighted by atomic mass is 16.4. The molecule has 5 atom stereocenters. The number of aliphatic hydroxyl groups is 1. The van der Waals surface area contributed by atoms with Crippen LogP contribution in [0.25, 0.3) is 0 Å². The number of nitriles is 1. The molecule has 0 saturated heterocycles. The molecule has 6 N–H and O–H groups in total. The van der Waals surface area contributed by atoms with E-state index in [-0.39, 0.29) is 44.1 Å². The topological polar surface area (TPSA) is 198 Å². The van der Waals surface area contributed by atoms with E-state index < -0.39 is 53.8 Å². The van der Waals surface area contributed by atoms with Crippen molar-refractivity contribution < 1.29 is 34.2 Å². The standard InChI is InChI=1S/C32H49N5O7/c1-6-10-24(35-32(44)30(21(5)7-2)37-27(39)13-9-14-29(41)42)31(43)36-25(15-20(3)4)26(38)17-28(40)34-19-23-12-8-11-22(16-23)18-33/h8,11-12,16,20-21,24-26,30,38H,6-7,9-10,13-15,17,19H2,1-5H3,(H,34,40)(H,35,44)(H,36,43)(H,37,39)(H,41,42)/t21-,24-,25-,26-,30-/m0/s1. The zero-order valence-electron chi connectivity index (χ0n) is 26.5. The third-order valence-corrected chi connectivity index (χ3v) is 7.27. The van der Waals surface area contributed by atoms with E-state index in [0.29, 0.717) is 31.2 Å². The third kappa shape index (κ3) is 14.5. The summed E-state index contributed by atoms with van der Waals surface area (Å²) in [6, 6.07) is 6.25. The molecule has 244 valence electrons. The van der Waals surface area contributed by atoms with Crippen LogP contribution >= 0.6 is 0 Å². The maximum atomic E-state index is 13.4. The largest absolute Gasteiger partial charge is 0.481 e. The molecule has 0 heterocycles. The van der Waals surface area contributed by atoms with Gasteiger partial charge in [-0.1, -0.05) is 59.6 Å². The van der Waals surface area contributed by atoms with Crippen molar-refractivity contribution in [3.8, 4) is 6.07 Å². The van der Waals surface area contributed by atoms with Crippen LogP contribution in [0.2, 0.25) is 0 Å². The molecule has 0 aromatic heterocycles. The fourth-order valence-electron chi connectivity index (χ4n) is 4.63. The van der Waals surface area contributed by atoms with Gasteiger partial charge in [0, 0.05) is 19.4 Å². The van der Waals surface area contributed by atoms with E-state index in [4.69, 9.17) is 10.4 Å². The summed E-state index contributed by atoms with van der Waals surface area (Å²) >= 11 is 0. The van der Waals surface area contributed by atoms with Crippen molar-refractivity contribution in [3.63, 3.8) is 0 Å². The van der Waals surface area contributed by atoms with Gasteiger partial charge in [0.1, 0.15) is 12.1 Å². The quantitative estimate of drug-likeness (QED) is 0.129. The maximum Gasteiger partial charge on any atom is 0.303 e. The Morgan fingerprint density at radius 2 is 1.66 bits per heavy atom. The molecule has 0 saturated carbocycles. The number of amides is 4. The molecule has 0 aliphatic carbocycles. The molecule has 12 heteroatoms. The van der Waals surface area contributed by atoms with Gasteiger partial charge >= 0.3 is 5.97 Å². The summed E-state index contributed by atoms with van der Waals surface area (Å²) in [7, 11) is 0. The van der Waals surface area contributed by atoms with Crippen LogP contribution in [0, 0.1) is 23.2 Å². The Bertz CT molecular complexity index is 1150. The molecule has 0 spiro atoms. The van der Waals surface area contributed by atoms with Crippen molar-refractivity contribution in [2.75, 3.05) is 0 Å². The second-order valence-corrected chi connectivity index (χ2v) is 11.6. The number of nitrogens with zero attached hydrogens (tertiary/aromatic N) is 1. The summed E-state index contributed by atoms with van der Waals surface area (Å²) in [5.74, 6) is -3.07. The Kier molecular flexibility index (Phi) is 17.3. The van der Waals surface area contributed by atoms with Crippen LogP contribution in [0.3, 0.4) is 0 Å². The Morgan fingerprint density at radius 1 is 0.955 bits per heavy atom. The Hall–Kier alpha value is -3.98. The lowest BCUT2D eigenvalue weighted by molar-refractivity contribution is -0.137. The van der Waals surface area contributed by atoms with Gasteiger partial charge in [0.25, 0.3) is 0 Å². The maximum absolute atomic E-state index is 13.4. The zero-order chi connectivity index (χ0) is 33.2.